The average Bonchev–Trinajstić information content (AvgIpc) is 2.19. The average molecular weight is 231 g/mol. The smallest absolute Gasteiger partial charge is 0.0833 e. The molecule has 0 spiro atoms. The Kier molecular flexibility index (Phi) is 5.68. The van der Waals surface area contributed by atoms with Crippen LogP contribution in [0.5, 0.6) is 0 Å². The summed E-state index contributed by atoms with van der Waals surface area (Å²) in [6.45, 7) is 4.89. The van der Waals surface area contributed by atoms with E-state index in [-0.39, 0.29) is 0 Å². The van der Waals surface area contributed by atoms with Crippen LogP contribution < -0.4 is 5.32 Å². The summed E-state index contributed by atoms with van der Waals surface area (Å²) in [5.41, 5.74) is 0.677. The maximum absolute atomic E-state index is 9.91. The van der Waals surface area contributed by atoms with Crippen molar-refractivity contribution in [1.29, 1.82) is 0 Å². The van der Waals surface area contributed by atoms with Gasteiger partial charge in [-0.05, 0) is 25.2 Å². The minimum atomic E-state index is -0.616. The molecular weight excluding hydrogens is 210 g/mol. The van der Waals surface area contributed by atoms with Crippen molar-refractivity contribution in [1.82, 2.24) is 5.32 Å². The van der Waals surface area contributed by atoms with Crippen LogP contribution in [0.4, 0.5) is 0 Å². The van der Waals surface area contributed by atoms with Crippen LogP contribution in [0.3, 0.4) is 0 Å². The highest BCUT2D eigenvalue weighted by molar-refractivity contribution is 7.98. The molecule has 1 atom stereocenters. The summed E-state index contributed by atoms with van der Waals surface area (Å²) in [4.78, 5) is 0. The molecule has 0 saturated carbocycles. The molecule has 1 aliphatic heterocycles. The topological polar surface area (TPSA) is 41.5 Å². The molecule has 0 radical (unpaired) electrons. The van der Waals surface area contributed by atoms with Crippen molar-refractivity contribution in [3.63, 3.8) is 0 Å². The van der Waals surface area contributed by atoms with Gasteiger partial charge in [-0.25, -0.2) is 0 Å². The first-order valence-corrected chi connectivity index (χ1v) is 6.71. The Morgan fingerprint density at radius 3 is 3.07 bits per heavy atom. The van der Waals surface area contributed by atoms with E-state index in [1.807, 2.05) is 13.2 Å². The Morgan fingerprint density at radius 1 is 1.67 bits per heavy atom. The standard InChI is InChI=1S/C11H21NO2S/c1-11(13,9-15-2)8-12-6-10-4-3-5-14-7-10/h4,12-13H,3,5-9H2,1-2H3. The monoisotopic (exact) mass is 231 g/mol. The molecule has 1 unspecified atom stereocenters. The Labute approximate surface area is 96.3 Å². The summed E-state index contributed by atoms with van der Waals surface area (Å²) >= 11 is 1.67. The van der Waals surface area contributed by atoms with Crippen LogP contribution in [0.2, 0.25) is 0 Å². The zero-order valence-corrected chi connectivity index (χ0v) is 10.4. The molecule has 1 heterocycles. The normalized spacial score (nSPS) is 20.9. The van der Waals surface area contributed by atoms with Crippen LogP contribution in [-0.2, 0) is 4.74 Å². The largest absolute Gasteiger partial charge is 0.388 e. The molecule has 0 saturated heterocycles. The molecule has 88 valence electrons. The fourth-order valence-corrected chi connectivity index (χ4v) is 2.31. The number of nitrogens with one attached hydrogen (secondary N) is 1. The van der Waals surface area contributed by atoms with Crippen molar-refractivity contribution < 1.29 is 9.84 Å². The molecule has 1 aliphatic rings. The van der Waals surface area contributed by atoms with Crippen LogP contribution in [0.15, 0.2) is 11.6 Å². The molecule has 0 aliphatic carbocycles. The predicted octanol–water partition coefficient (Wildman–Crippen LogP) is 1.04. The first-order chi connectivity index (χ1) is 7.14. The van der Waals surface area contributed by atoms with E-state index in [0.29, 0.717) is 6.54 Å². The molecule has 15 heavy (non-hydrogen) atoms. The number of rotatable bonds is 6. The second kappa shape index (κ2) is 6.53. The van der Waals surface area contributed by atoms with Gasteiger partial charge in [0.2, 0.25) is 0 Å². The van der Waals surface area contributed by atoms with E-state index in [1.165, 1.54) is 5.57 Å². The molecule has 0 bridgehead atoms. The first kappa shape index (κ1) is 13.0. The lowest BCUT2D eigenvalue weighted by Gasteiger charge is -2.23. The quantitative estimate of drug-likeness (QED) is 0.670. The van der Waals surface area contributed by atoms with E-state index in [0.717, 1.165) is 31.9 Å². The van der Waals surface area contributed by atoms with E-state index >= 15 is 0 Å². The minimum Gasteiger partial charge on any atom is -0.388 e. The van der Waals surface area contributed by atoms with Crippen LogP contribution in [-0.4, -0.2) is 49.0 Å². The van der Waals surface area contributed by atoms with E-state index in [4.69, 9.17) is 4.74 Å². The molecule has 0 aromatic carbocycles. The van der Waals surface area contributed by atoms with Crippen LogP contribution in [0.25, 0.3) is 0 Å². The van der Waals surface area contributed by atoms with Gasteiger partial charge in [-0.15, -0.1) is 0 Å². The summed E-state index contributed by atoms with van der Waals surface area (Å²) in [5, 5.41) is 13.2. The van der Waals surface area contributed by atoms with Gasteiger partial charge in [0, 0.05) is 18.8 Å². The summed E-state index contributed by atoms with van der Waals surface area (Å²) in [6, 6.07) is 0. The zero-order valence-electron chi connectivity index (χ0n) is 9.58. The maximum atomic E-state index is 9.91. The number of aliphatic hydroxyl groups is 1. The SMILES string of the molecule is CSCC(C)(O)CNCC1=CCCOC1. The van der Waals surface area contributed by atoms with Crippen LogP contribution in [0.1, 0.15) is 13.3 Å². The van der Waals surface area contributed by atoms with Crippen molar-refractivity contribution in [2.45, 2.75) is 18.9 Å². The van der Waals surface area contributed by atoms with Gasteiger partial charge in [-0.3, -0.25) is 0 Å². The molecule has 1 rings (SSSR count). The van der Waals surface area contributed by atoms with Gasteiger partial charge >= 0.3 is 0 Å². The van der Waals surface area contributed by atoms with Crippen molar-refractivity contribution in [3.05, 3.63) is 11.6 Å². The van der Waals surface area contributed by atoms with Gasteiger partial charge in [-0.2, -0.15) is 11.8 Å². The Bertz CT molecular complexity index is 217. The Balaban J connectivity index is 2.17. The second-order valence-electron chi connectivity index (χ2n) is 4.24. The fraction of sp³-hybridized carbons (Fsp3) is 0.818. The van der Waals surface area contributed by atoms with Crippen molar-refractivity contribution in [2.24, 2.45) is 0 Å². The summed E-state index contributed by atoms with van der Waals surface area (Å²) in [6.07, 6.45) is 5.24. The van der Waals surface area contributed by atoms with E-state index in [1.54, 1.807) is 11.8 Å². The summed E-state index contributed by atoms with van der Waals surface area (Å²) in [5.74, 6) is 0.759. The van der Waals surface area contributed by atoms with Gasteiger partial charge in [0.1, 0.15) is 0 Å². The molecular formula is C11H21NO2S. The Morgan fingerprint density at radius 2 is 2.47 bits per heavy atom. The molecule has 0 aromatic rings. The number of ether oxygens (including phenoxy) is 1. The van der Waals surface area contributed by atoms with E-state index in [2.05, 4.69) is 11.4 Å². The molecule has 3 nitrogen and oxygen atoms in total. The van der Waals surface area contributed by atoms with E-state index in [9.17, 15) is 5.11 Å². The summed E-state index contributed by atoms with van der Waals surface area (Å²) in [7, 11) is 0. The summed E-state index contributed by atoms with van der Waals surface area (Å²) < 4.78 is 5.34. The third kappa shape index (κ3) is 5.56. The first-order valence-electron chi connectivity index (χ1n) is 5.32. The van der Waals surface area contributed by atoms with Gasteiger partial charge in [-0.1, -0.05) is 6.08 Å². The third-order valence-electron chi connectivity index (χ3n) is 2.30. The zero-order chi connectivity index (χ0) is 11.1. The number of thioether (sulfide) groups is 1. The van der Waals surface area contributed by atoms with Gasteiger partial charge < -0.3 is 15.2 Å². The highest BCUT2D eigenvalue weighted by atomic mass is 32.2. The molecule has 2 N–H and O–H groups in total. The molecule has 0 amide bonds. The highest BCUT2D eigenvalue weighted by Crippen LogP contribution is 2.09. The predicted molar refractivity (Wildman–Crippen MR) is 65.4 cm³/mol. The lowest BCUT2D eigenvalue weighted by molar-refractivity contribution is 0.0849. The lowest BCUT2D eigenvalue weighted by atomic mass is 10.1. The van der Waals surface area contributed by atoms with Gasteiger partial charge in [0.15, 0.2) is 0 Å². The number of hydrogen-bond acceptors (Lipinski definition) is 4. The lowest BCUT2D eigenvalue weighted by Crippen LogP contribution is -2.41. The Hall–Kier alpha value is -0.0300. The fourth-order valence-electron chi connectivity index (χ4n) is 1.59. The van der Waals surface area contributed by atoms with Crippen molar-refractivity contribution in [3.8, 4) is 0 Å². The second-order valence-corrected chi connectivity index (χ2v) is 5.10. The van der Waals surface area contributed by atoms with Gasteiger partial charge in [0.05, 0.1) is 18.8 Å². The minimum absolute atomic E-state index is 0.616. The molecule has 4 heteroatoms. The van der Waals surface area contributed by atoms with Crippen molar-refractivity contribution >= 4 is 11.8 Å². The maximum Gasteiger partial charge on any atom is 0.0833 e. The third-order valence-corrected chi connectivity index (χ3v) is 3.21. The van der Waals surface area contributed by atoms with Gasteiger partial charge in [0.25, 0.3) is 0 Å². The van der Waals surface area contributed by atoms with Crippen LogP contribution in [0, 0.1) is 0 Å². The molecule has 0 aromatic heterocycles. The van der Waals surface area contributed by atoms with Crippen molar-refractivity contribution in [2.75, 3.05) is 38.3 Å². The van der Waals surface area contributed by atoms with E-state index < -0.39 is 5.60 Å². The number of hydrogen-bond donors (Lipinski definition) is 2. The van der Waals surface area contributed by atoms with Crippen LogP contribution >= 0.6 is 11.8 Å². The highest BCUT2D eigenvalue weighted by Gasteiger charge is 2.18. The molecule has 0 fully saturated rings.